The summed E-state index contributed by atoms with van der Waals surface area (Å²) in [6.45, 7) is 8.79. The molecule has 1 aliphatic rings. The van der Waals surface area contributed by atoms with Crippen LogP contribution in [0.3, 0.4) is 0 Å². The van der Waals surface area contributed by atoms with Gasteiger partial charge in [-0.1, -0.05) is 31.2 Å². The highest BCUT2D eigenvalue weighted by molar-refractivity contribution is 5.22. The zero-order chi connectivity index (χ0) is 12.3. The highest BCUT2D eigenvalue weighted by Gasteiger charge is 2.29. The minimum Gasteiger partial charge on any atom is -0.310 e. The Hall–Kier alpha value is -0.860. The van der Waals surface area contributed by atoms with Gasteiger partial charge in [-0.15, -0.1) is 0 Å². The molecular formula is C15H24N2. The van der Waals surface area contributed by atoms with Crippen LogP contribution in [-0.4, -0.2) is 18.1 Å². The van der Waals surface area contributed by atoms with Gasteiger partial charge in [-0.05, 0) is 37.8 Å². The van der Waals surface area contributed by atoms with E-state index in [2.05, 4.69) is 55.7 Å². The molecule has 0 aromatic heterocycles. The Morgan fingerprint density at radius 1 is 1.24 bits per heavy atom. The number of rotatable bonds is 4. The van der Waals surface area contributed by atoms with Crippen LogP contribution in [0.2, 0.25) is 0 Å². The normalized spacial score (nSPS) is 22.9. The van der Waals surface area contributed by atoms with Crippen molar-refractivity contribution in [2.45, 2.75) is 51.7 Å². The predicted octanol–water partition coefficient (Wildman–Crippen LogP) is 2.48. The molecule has 1 atom stereocenters. The molecule has 2 nitrogen and oxygen atoms in total. The van der Waals surface area contributed by atoms with E-state index in [0.717, 1.165) is 19.5 Å². The van der Waals surface area contributed by atoms with Gasteiger partial charge in [-0.3, -0.25) is 0 Å². The van der Waals surface area contributed by atoms with Crippen molar-refractivity contribution in [2.75, 3.05) is 6.54 Å². The summed E-state index contributed by atoms with van der Waals surface area (Å²) in [4.78, 5) is 0. The van der Waals surface area contributed by atoms with E-state index < -0.39 is 0 Å². The van der Waals surface area contributed by atoms with Gasteiger partial charge in [0.25, 0.3) is 0 Å². The first kappa shape index (κ1) is 12.6. The van der Waals surface area contributed by atoms with E-state index in [0.29, 0.717) is 11.6 Å². The molecule has 0 spiro atoms. The van der Waals surface area contributed by atoms with Gasteiger partial charge in [-0.25, -0.2) is 0 Å². The van der Waals surface area contributed by atoms with Crippen LogP contribution in [-0.2, 0) is 13.0 Å². The van der Waals surface area contributed by atoms with Gasteiger partial charge in [0.15, 0.2) is 0 Å². The maximum Gasteiger partial charge on any atom is 0.0213 e. The molecule has 1 aromatic rings. The Labute approximate surface area is 105 Å². The summed E-state index contributed by atoms with van der Waals surface area (Å²) in [5, 5.41) is 7.17. The Balaban J connectivity index is 1.82. The van der Waals surface area contributed by atoms with Crippen molar-refractivity contribution in [1.29, 1.82) is 0 Å². The maximum absolute atomic E-state index is 3.63. The first-order valence-corrected chi connectivity index (χ1v) is 6.65. The van der Waals surface area contributed by atoms with Crippen molar-refractivity contribution in [3.8, 4) is 0 Å². The Bertz CT molecular complexity index is 354. The summed E-state index contributed by atoms with van der Waals surface area (Å²) in [5.41, 5.74) is 3.09. The second-order valence-corrected chi connectivity index (χ2v) is 5.72. The quantitative estimate of drug-likeness (QED) is 0.833. The predicted molar refractivity (Wildman–Crippen MR) is 73.1 cm³/mol. The molecule has 1 fully saturated rings. The second-order valence-electron chi connectivity index (χ2n) is 5.72. The summed E-state index contributed by atoms with van der Waals surface area (Å²) in [6, 6.07) is 9.54. The van der Waals surface area contributed by atoms with Gasteiger partial charge in [0.05, 0.1) is 0 Å². The topological polar surface area (TPSA) is 24.1 Å². The Kier molecular flexibility index (Phi) is 3.85. The first-order chi connectivity index (χ1) is 8.09. The first-order valence-electron chi connectivity index (χ1n) is 6.65. The highest BCUT2D eigenvalue weighted by atomic mass is 15.1. The van der Waals surface area contributed by atoms with E-state index in [1.54, 1.807) is 0 Å². The van der Waals surface area contributed by atoms with Gasteiger partial charge < -0.3 is 10.6 Å². The lowest BCUT2D eigenvalue weighted by Crippen LogP contribution is -2.31. The molecule has 1 unspecified atom stereocenters. The summed E-state index contributed by atoms with van der Waals surface area (Å²) in [5.74, 6) is 0. The maximum atomic E-state index is 3.63. The summed E-state index contributed by atoms with van der Waals surface area (Å²) >= 11 is 0. The molecule has 0 bridgehead atoms. The Morgan fingerprint density at radius 2 is 1.88 bits per heavy atom. The third kappa shape index (κ3) is 3.55. The van der Waals surface area contributed by atoms with Crippen molar-refractivity contribution in [3.05, 3.63) is 35.4 Å². The van der Waals surface area contributed by atoms with Crippen molar-refractivity contribution >= 4 is 0 Å². The van der Waals surface area contributed by atoms with E-state index in [-0.39, 0.29) is 0 Å². The fourth-order valence-corrected chi connectivity index (χ4v) is 2.46. The smallest absolute Gasteiger partial charge is 0.0213 e. The van der Waals surface area contributed by atoms with Crippen LogP contribution in [0.25, 0.3) is 0 Å². The minimum absolute atomic E-state index is 0.295. The number of nitrogens with one attached hydrogen (secondary N) is 2. The molecule has 1 heterocycles. The van der Waals surface area contributed by atoms with Gasteiger partial charge in [-0.2, -0.15) is 0 Å². The van der Waals surface area contributed by atoms with E-state index in [9.17, 15) is 0 Å². The molecule has 0 amide bonds. The molecule has 1 saturated heterocycles. The van der Waals surface area contributed by atoms with Crippen LogP contribution >= 0.6 is 0 Å². The Morgan fingerprint density at radius 3 is 2.41 bits per heavy atom. The molecular weight excluding hydrogens is 208 g/mol. The number of hydrogen-bond donors (Lipinski definition) is 2. The van der Waals surface area contributed by atoms with Crippen molar-refractivity contribution < 1.29 is 0 Å². The molecule has 0 aliphatic carbocycles. The van der Waals surface area contributed by atoms with Gasteiger partial charge in [0, 0.05) is 24.7 Å². The van der Waals surface area contributed by atoms with E-state index in [1.807, 2.05) is 0 Å². The number of benzene rings is 1. The van der Waals surface area contributed by atoms with E-state index in [1.165, 1.54) is 17.5 Å². The van der Waals surface area contributed by atoms with Gasteiger partial charge >= 0.3 is 0 Å². The van der Waals surface area contributed by atoms with Crippen LogP contribution in [0.15, 0.2) is 24.3 Å². The lowest BCUT2D eigenvalue weighted by atomic mass is 10.0. The lowest BCUT2D eigenvalue weighted by molar-refractivity contribution is 0.442. The van der Waals surface area contributed by atoms with Crippen molar-refractivity contribution in [3.63, 3.8) is 0 Å². The number of aryl methyl sites for hydroxylation is 1. The molecule has 2 heteroatoms. The van der Waals surface area contributed by atoms with Crippen LogP contribution in [0.1, 0.15) is 38.3 Å². The SMILES string of the molecule is CCc1ccc(CNC2CNC(C)(C)C2)cc1. The average molecular weight is 232 g/mol. The fourth-order valence-electron chi connectivity index (χ4n) is 2.46. The molecule has 1 aliphatic heterocycles. The van der Waals surface area contributed by atoms with Crippen LogP contribution in [0.4, 0.5) is 0 Å². The molecule has 94 valence electrons. The van der Waals surface area contributed by atoms with Gasteiger partial charge in [0.2, 0.25) is 0 Å². The van der Waals surface area contributed by atoms with E-state index >= 15 is 0 Å². The molecule has 17 heavy (non-hydrogen) atoms. The molecule has 0 radical (unpaired) electrons. The molecule has 2 N–H and O–H groups in total. The number of hydrogen-bond acceptors (Lipinski definition) is 2. The summed E-state index contributed by atoms with van der Waals surface area (Å²) < 4.78 is 0. The monoisotopic (exact) mass is 232 g/mol. The van der Waals surface area contributed by atoms with Crippen LogP contribution < -0.4 is 10.6 Å². The van der Waals surface area contributed by atoms with Crippen LogP contribution in [0.5, 0.6) is 0 Å². The minimum atomic E-state index is 0.295. The van der Waals surface area contributed by atoms with Gasteiger partial charge in [0.1, 0.15) is 0 Å². The lowest BCUT2D eigenvalue weighted by Gasteiger charge is -2.17. The summed E-state index contributed by atoms with van der Waals surface area (Å²) in [6.07, 6.45) is 2.33. The molecule has 2 rings (SSSR count). The molecule has 0 saturated carbocycles. The van der Waals surface area contributed by atoms with Crippen LogP contribution in [0, 0.1) is 0 Å². The van der Waals surface area contributed by atoms with Crippen molar-refractivity contribution in [2.24, 2.45) is 0 Å². The largest absolute Gasteiger partial charge is 0.310 e. The molecule has 1 aromatic carbocycles. The zero-order valence-electron chi connectivity index (χ0n) is 11.2. The van der Waals surface area contributed by atoms with Crippen molar-refractivity contribution in [1.82, 2.24) is 10.6 Å². The third-order valence-corrected chi connectivity index (χ3v) is 3.61. The standard InChI is InChI=1S/C15H24N2/c1-4-12-5-7-13(8-6-12)10-16-14-9-15(2,3)17-11-14/h5-8,14,16-17H,4,9-11H2,1-3H3. The summed E-state index contributed by atoms with van der Waals surface area (Å²) in [7, 11) is 0. The van der Waals surface area contributed by atoms with E-state index in [4.69, 9.17) is 0 Å². The fraction of sp³-hybridized carbons (Fsp3) is 0.600. The second kappa shape index (κ2) is 5.19. The highest BCUT2D eigenvalue weighted by Crippen LogP contribution is 2.18. The zero-order valence-corrected chi connectivity index (χ0v) is 11.2. The average Bonchev–Trinajstić information content (AvgIpc) is 2.67. The third-order valence-electron chi connectivity index (χ3n) is 3.61.